The number of benzene rings is 2. The quantitative estimate of drug-likeness (QED) is 0.643. The zero-order valence-electron chi connectivity index (χ0n) is 11.2. The van der Waals surface area contributed by atoms with Gasteiger partial charge in [0.05, 0.1) is 0 Å². The first-order valence-corrected chi connectivity index (χ1v) is 7.11. The van der Waals surface area contributed by atoms with Crippen molar-refractivity contribution < 1.29 is 10.2 Å². The molecule has 0 radical (unpaired) electrons. The van der Waals surface area contributed by atoms with E-state index in [4.69, 9.17) is 0 Å². The van der Waals surface area contributed by atoms with Gasteiger partial charge in [-0.1, -0.05) is 24.3 Å². The third kappa shape index (κ3) is 1.56. The van der Waals surface area contributed by atoms with Gasteiger partial charge in [-0.25, -0.2) is 0 Å². The third-order valence-corrected chi connectivity index (χ3v) is 4.60. The van der Waals surface area contributed by atoms with Crippen LogP contribution < -0.4 is 5.32 Å². The molecule has 3 nitrogen and oxygen atoms in total. The third-order valence-electron chi connectivity index (χ3n) is 4.60. The van der Waals surface area contributed by atoms with Gasteiger partial charge in [-0.15, -0.1) is 0 Å². The van der Waals surface area contributed by atoms with Crippen LogP contribution in [0.5, 0.6) is 11.5 Å². The zero-order chi connectivity index (χ0) is 13.7. The summed E-state index contributed by atoms with van der Waals surface area (Å²) in [6.07, 6.45) is 1.91. The van der Waals surface area contributed by atoms with Crippen LogP contribution in [0.3, 0.4) is 0 Å². The van der Waals surface area contributed by atoms with Gasteiger partial charge in [-0.2, -0.15) is 0 Å². The van der Waals surface area contributed by atoms with Crippen molar-refractivity contribution in [1.29, 1.82) is 0 Å². The van der Waals surface area contributed by atoms with Gasteiger partial charge in [-0.05, 0) is 41.2 Å². The molecule has 3 N–H and O–H groups in total. The highest BCUT2D eigenvalue weighted by Crippen LogP contribution is 2.44. The van der Waals surface area contributed by atoms with E-state index < -0.39 is 0 Å². The SMILES string of the molecule is Oc1cc2c3c(c1O)CNCC3c1ccccc1CC2. The van der Waals surface area contributed by atoms with Crippen LogP contribution in [0.15, 0.2) is 30.3 Å². The van der Waals surface area contributed by atoms with Crippen LogP contribution in [0, 0.1) is 0 Å². The van der Waals surface area contributed by atoms with Gasteiger partial charge in [0.1, 0.15) is 0 Å². The molecule has 0 bridgehead atoms. The Balaban J connectivity index is 2.01. The summed E-state index contributed by atoms with van der Waals surface area (Å²) < 4.78 is 0. The van der Waals surface area contributed by atoms with E-state index in [-0.39, 0.29) is 17.4 Å². The minimum atomic E-state index is 0.00663. The molecule has 1 aliphatic carbocycles. The molecule has 4 rings (SSSR count). The molecule has 102 valence electrons. The number of rotatable bonds is 0. The molecule has 0 saturated heterocycles. The van der Waals surface area contributed by atoms with Crippen molar-refractivity contribution in [3.05, 3.63) is 58.1 Å². The average molecular weight is 267 g/mol. The number of aryl methyl sites for hydroxylation is 2. The summed E-state index contributed by atoms with van der Waals surface area (Å²) in [7, 11) is 0. The van der Waals surface area contributed by atoms with Crippen LogP contribution in [0.25, 0.3) is 0 Å². The van der Waals surface area contributed by atoms with E-state index >= 15 is 0 Å². The molecule has 1 unspecified atom stereocenters. The lowest BCUT2D eigenvalue weighted by molar-refractivity contribution is 0.392. The predicted molar refractivity (Wildman–Crippen MR) is 77.2 cm³/mol. The Kier molecular flexibility index (Phi) is 2.51. The van der Waals surface area contributed by atoms with E-state index in [9.17, 15) is 10.2 Å². The first kappa shape index (κ1) is 11.8. The van der Waals surface area contributed by atoms with Gasteiger partial charge >= 0.3 is 0 Å². The molecular formula is C17H17NO2. The molecule has 0 saturated carbocycles. The van der Waals surface area contributed by atoms with Crippen LogP contribution in [-0.4, -0.2) is 16.8 Å². The van der Waals surface area contributed by atoms with Crippen molar-refractivity contribution in [1.82, 2.24) is 5.32 Å². The summed E-state index contributed by atoms with van der Waals surface area (Å²) >= 11 is 0. The van der Waals surface area contributed by atoms with E-state index in [1.807, 2.05) is 0 Å². The summed E-state index contributed by atoms with van der Waals surface area (Å²) in [6.45, 7) is 1.52. The highest BCUT2D eigenvalue weighted by Gasteiger charge is 2.31. The van der Waals surface area contributed by atoms with Gasteiger partial charge in [-0.3, -0.25) is 0 Å². The Bertz CT molecular complexity index is 694. The highest BCUT2D eigenvalue weighted by molar-refractivity contribution is 5.59. The summed E-state index contributed by atoms with van der Waals surface area (Å²) in [5.41, 5.74) is 6.00. The van der Waals surface area contributed by atoms with Gasteiger partial charge in [0, 0.05) is 24.6 Å². The van der Waals surface area contributed by atoms with Crippen LogP contribution in [-0.2, 0) is 19.4 Å². The maximum Gasteiger partial charge on any atom is 0.162 e. The van der Waals surface area contributed by atoms with E-state index in [0.717, 1.165) is 24.9 Å². The summed E-state index contributed by atoms with van der Waals surface area (Å²) in [5.74, 6) is 0.325. The molecule has 1 atom stereocenters. The molecule has 0 spiro atoms. The number of phenols is 2. The Morgan fingerprint density at radius 1 is 1.05 bits per heavy atom. The summed E-state index contributed by atoms with van der Waals surface area (Å²) in [4.78, 5) is 0. The molecule has 2 aromatic carbocycles. The van der Waals surface area contributed by atoms with Crippen LogP contribution in [0.2, 0.25) is 0 Å². The molecule has 0 fully saturated rings. The number of nitrogens with one attached hydrogen (secondary N) is 1. The minimum Gasteiger partial charge on any atom is -0.504 e. The second kappa shape index (κ2) is 4.25. The van der Waals surface area contributed by atoms with Crippen LogP contribution in [0.4, 0.5) is 0 Å². The summed E-state index contributed by atoms with van der Waals surface area (Å²) in [5, 5.41) is 23.5. The summed E-state index contributed by atoms with van der Waals surface area (Å²) in [6, 6.07) is 10.3. The number of hydrogen-bond acceptors (Lipinski definition) is 3. The van der Waals surface area contributed by atoms with E-state index in [0.29, 0.717) is 6.54 Å². The first-order chi connectivity index (χ1) is 9.75. The van der Waals surface area contributed by atoms with E-state index in [1.54, 1.807) is 6.07 Å². The lowest BCUT2D eigenvalue weighted by Gasteiger charge is -2.29. The van der Waals surface area contributed by atoms with Crippen molar-refractivity contribution in [2.45, 2.75) is 25.3 Å². The van der Waals surface area contributed by atoms with E-state index in [2.05, 4.69) is 29.6 Å². The Morgan fingerprint density at radius 3 is 2.75 bits per heavy atom. The molecule has 3 heteroatoms. The standard InChI is InChI=1S/C17H17NO2/c19-15-7-11-6-5-10-3-1-2-4-12(10)13-8-18-9-14(16(11)13)17(15)20/h1-4,7,13,18-20H,5-6,8-9H2. The lowest BCUT2D eigenvalue weighted by atomic mass is 9.82. The van der Waals surface area contributed by atoms with Crippen molar-refractivity contribution in [2.75, 3.05) is 6.54 Å². The Labute approximate surface area is 117 Å². The molecule has 2 aliphatic rings. The van der Waals surface area contributed by atoms with Gasteiger partial charge in [0.15, 0.2) is 11.5 Å². The topological polar surface area (TPSA) is 52.5 Å². The fourth-order valence-corrected chi connectivity index (χ4v) is 3.69. The maximum absolute atomic E-state index is 10.2. The monoisotopic (exact) mass is 267 g/mol. The molecule has 20 heavy (non-hydrogen) atoms. The molecule has 0 aromatic heterocycles. The lowest BCUT2D eigenvalue weighted by Crippen LogP contribution is -2.29. The smallest absolute Gasteiger partial charge is 0.162 e. The highest BCUT2D eigenvalue weighted by atomic mass is 16.3. The van der Waals surface area contributed by atoms with Crippen molar-refractivity contribution in [2.24, 2.45) is 0 Å². The van der Waals surface area contributed by atoms with E-state index in [1.165, 1.54) is 22.3 Å². The normalized spacial score (nSPS) is 19.9. The first-order valence-electron chi connectivity index (χ1n) is 7.11. The molecule has 1 aliphatic heterocycles. The fourth-order valence-electron chi connectivity index (χ4n) is 3.69. The second-order valence-electron chi connectivity index (χ2n) is 5.68. The van der Waals surface area contributed by atoms with Crippen LogP contribution in [0.1, 0.15) is 33.7 Å². The molecular weight excluding hydrogens is 250 g/mol. The predicted octanol–water partition coefficient (Wildman–Crippen LogP) is 2.43. The van der Waals surface area contributed by atoms with Crippen molar-refractivity contribution >= 4 is 0 Å². The molecule has 1 heterocycles. The van der Waals surface area contributed by atoms with Crippen LogP contribution >= 0.6 is 0 Å². The average Bonchev–Trinajstić information content (AvgIpc) is 2.64. The van der Waals surface area contributed by atoms with Crippen molar-refractivity contribution in [3.8, 4) is 11.5 Å². The van der Waals surface area contributed by atoms with Crippen molar-refractivity contribution in [3.63, 3.8) is 0 Å². The molecule has 2 aromatic rings. The van der Waals surface area contributed by atoms with Gasteiger partial charge in [0.2, 0.25) is 0 Å². The Morgan fingerprint density at radius 2 is 1.85 bits per heavy atom. The number of phenolic OH excluding ortho intramolecular Hbond substituents is 2. The maximum atomic E-state index is 10.2. The minimum absolute atomic E-state index is 0.00663. The number of hydrogen-bond donors (Lipinski definition) is 3. The fraction of sp³-hybridized carbons (Fsp3) is 0.294. The largest absolute Gasteiger partial charge is 0.504 e. The molecule has 0 amide bonds. The number of fused-ring (bicyclic) bond motifs is 2. The van der Waals surface area contributed by atoms with Gasteiger partial charge in [0.25, 0.3) is 0 Å². The number of aromatic hydroxyl groups is 2. The zero-order valence-corrected chi connectivity index (χ0v) is 11.2. The van der Waals surface area contributed by atoms with Gasteiger partial charge < -0.3 is 15.5 Å². The Hall–Kier alpha value is -2.00. The second-order valence-corrected chi connectivity index (χ2v) is 5.68.